The van der Waals surface area contributed by atoms with E-state index in [2.05, 4.69) is 15.0 Å². The third-order valence-corrected chi connectivity index (χ3v) is 5.59. The Morgan fingerprint density at radius 2 is 1.96 bits per heavy atom. The van der Waals surface area contributed by atoms with Crippen molar-refractivity contribution in [3.63, 3.8) is 0 Å². The third kappa shape index (κ3) is 3.86. The zero-order chi connectivity index (χ0) is 18.0. The molecular formula is C20H26N4O2. The summed E-state index contributed by atoms with van der Waals surface area (Å²) in [6, 6.07) is 7.14. The van der Waals surface area contributed by atoms with Gasteiger partial charge in [-0.2, -0.15) is 5.10 Å². The van der Waals surface area contributed by atoms with Crippen LogP contribution in [0.5, 0.6) is 0 Å². The number of aliphatic hydroxyl groups is 1. The van der Waals surface area contributed by atoms with Crippen LogP contribution in [0.15, 0.2) is 41.5 Å². The standard InChI is InChI=1S/C20H26N4O2/c25-19-7-6-18(17-5-4-10-21-11-17)22-24(19)14-16-12-23(13-16)15-20(26)8-2-1-3-9-20/h4-7,10-11,16,26H,1-3,8-9,12-15H2. The molecule has 0 amide bonds. The molecule has 4 rings (SSSR count). The number of likely N-dealkylation sites (tertiary alicyclic amines) is 1. The first kappa shape index (κ1) is 17.4. The zero-order valence-electron chi connectivity index (χ0n) is 15.0. The molecular weight excluding hydrogens is 328 g/mol. The van der Waals surface area contributed by atoms with E-state index in [1.807, 2.05) is 12.1 Å². The zero-order valence-corrected chi connectivity index (χ0v) is 15.0. The van der Waals surface area contributed by atoms with E-state index in [9.17, 15) is 9.90 Å². The molecule has 6 nitrogen and oxygen atoms in total. The van der Waals surface area contributed by atoms with Crippen LogP contribution in [-0.4, -0.2) is 50.0 Å². The number of hydrogen-bond donors (Lipinski definition) is 1. The van der Waals surface area contributed by atoms with Crippen molar-refractivity contribution < 1.29 is 5.11 Å². The normalized spacial score (nSPS) is 20.7. The fraction of sp³-hybridized carbons (Fsp3) is 0.550. The summed E-state index contributed by atoms with van der Waals surface area (Å²) in [5, 5.41) is 15.2. The number of pyridine rings is 1. The maximum Gasteiger partial charge on any atom is 0.266 e. The number of rotatable bonds is 5. The fourth-order valence-electron chi connectivity index (χ4n) is 4.20. The molecule has 2 fully saturated rings. The Kier molecular flexibility index (Phi) is 4.87. The van der Waals surface area contributed by atoms with Gasteiger partial charge in [-0.1, -0.05) is 19.3 Å². The Hall–Kier alpha value is -2.05. The van der Waals surface area contributed by atoms with Gasteiger partial charge in [0.25, 0.3) is 5.56 Å². The first-order valence-electron chi connectivity index (χ1n) is 9.55. The van der Waals surface area contributed by atoms with Crippen molar-refractivity contribution in [2.24, 2.45) is 5.92 Å². The van der Waals surface area contributed by atoms with E-state index >= 15 is 0 Å². The van der Waals surface area contributed by atoms with Crippen molar-refractivity contribution in [2.45, 2.75) is 44.2 Å². The average Bonchev–Trinajstić information content (AvgIpc) is 2.63. The van der Waals surface area contributed by atoms with Gasteiger partial charge in [-0.25, -0.2) is 4.68 Å². The van der Waals surface area contributed by atoms with Crippen molar-refractivity contribution >= 4 is 0 Å². The highest BCUT2D eigenvalue weighted by molar-refractivity contribution is 5.56. The molecule has 1 aliphatic carbocycles. The Labute approximate surface area is 153 Å². The summed E-state index contributed by atoms with van der Waals surface area (Å²) in [4.78, 5) is 18.6. The molecule has 26 heavy (non-hydrogen) atoms. The number of hydrogen-bond acceptors (Lipinski definition) is 5. The quantitative estimate of drug-likeness (QED) is 0.888. The number of β-amino-alcohol motifs (C(OH)–C–C–N with tert-alkyl or cyclic N) is 1. The van der Waals surface area contributed by atoms with Gasteiger partial charge in [0.05, 0.1) is 17.8 Å². The van der Waals surface area contributed by atoms with E-state index in [0.717, 1.165) is 56.6 Å². The highest BCUT2D eigenvalue weighted by Gasteiger charge is 2.36. The maximum absolute atomic E-state index is 12.2. The van der Waals surface area contributed by atoms with Crippen molar-refractivity contribution in [2.75, 3.05) is 19.6 Å². The van der Waals surface area contributed by atoms with Crippen LogP contribution in [0.4, 0.5) is 0 Å². The minimum atomic E-state index is -0.501. The monoisotopic (exact) mass is 354 g/mol. The number of nitrogens with zero attached hydrogens (tertiary/aromatic N) is 4. The minimum Gasteiger partial charge on any atom is -0.389 e. The van der Waals surface area contributed by atoms with Crippen LogP contribution < -0.4 is 5.56 Å². The van der Waals surface area contributed by atoms with E-state index < -0.39 is 5.60 Å². The van der Waals surface area contributed by atoms with Gasteiger partial charge in [0.2, 0.25) is 0 Å². The summed E-state index contributed by atoms with van der Waals surface area (Å²) in [6.45, 7) is 3.24. The third-order valence-electron chi connectivity index (χ3n) is 5.59. The maximum atomic E-state index is 12.2. The van der Waals surface area contributed by atoms with Crippen molar-refractivity contribution in [1.82, 2.24) is 19.7 Å². The van der Waals surface area contributed by atoms with Gasteiger partial charge >= 0.3 is 0 Å². The van der Waals surface area contributed by atoms with Gasteiger partial charge in [0.15, 0.2) is 0 Å². The van der Waals surface area contributed by atoms with Crippen LogP contribution in [0, 0.1) is 5.92 Å². The fourth-order valence-corrected chi connectivity index (χ4v) is 4.20. The molecule has 0 unspecified atom stereocenters. The molecule has 138 valence electrons. The van der Waals surface area contributed by atoms with Crippen LogP contribution in [0.3, 0.4) is 0 Å². The molecule has 6 heteroatoms. The minimum absolute atomic E-state index is 0.0676. The Bertz CT molecular complexity index is 793. The SMILES string of the molecule is O=c1ccc(-c2cccnc2)nn1CC1CN(CC2(O)CCCCC2)C1. The van der Waals surface area contributed by atoms with Gasteiger partial charge in [-0.15, -0.1) is 0 Å². The summed E-state index contributed by atoms with van der Waals surface area (Å²) in [5.41, 5.74) is 1.11. The summed E-state index contributed by atoms with van der Waals surface area (Å²) >= 11 is 0. The molecule has 1 saturated heterocycles. The van der Waals surface area contributed by atoms with Gasteiger partial charge in [-0.3, -0.25) is 14.7 Å². The van der Waals surface area contributed by atoms with Crippen molar-refractivity contribution in [3.05, 3.63) is 47.0 Å². The topological polar surface area (TPSA) is 71.2 Å². The predicted octanol–water partition coefficient (Wildman–Crippen LogP) is 1.93. The van der Waals surface area contributed by atoms with Gasteiger partial charge < -0.3 is 5.11 Å². The second-order valence-corrected chi connectivity index (χ2v) is 7.83. The van der Waals surface area contributed by atoms with E-state index in [1.165, 1.54) is 6.42 Å². The molecule has 0 bridgehead atoms. The van der Waals surface area contributed by atoms with Crippen molar-refractivity contribution in [3.8, 4) is 11.3 Å². The van der Waals surface area contributed by atoms with Gasteiger partial charge in [0, 0.05) is 49.6 Å². The van der Waals surface area contributed by atoms with E-state index in [1.54, 1.807) is 29.2 Å². The molecule has 1 aliphatic heterocycles. The first-order chi connectivity index (χ1) is 12.6. The largest absolute Gasteiger partial charge is 0.389 e. The van der Waals surface area contributed by atoms with Crippen LogP contribution in [0.25, 0.3) is 11.3 Å². The lowest BCUT2D eigenvalue weighted by Crippen LogP contribution is -2.55. The van der Waals surface area contributed by atoms with E-state index in [-0.39, 0.29) is 5.56 Å². The molecule has 1 saturated carbocycles. The van der Waals surface area contributed by atoms with E-state index in [4.69, 9.17) is 0 Å². The molecule has 0 atom stereocenters. The van der Waals surface area contributed by atoms with Crippen LogP contribution in [-0.2, 0) is 6.54 Å². The summed E-state index contributed by atoms with van der Waals surface area (Å²) < 4.78 is 1.57. The highest BCUT2D eigenvalue weighted by atomic mass is 16.3. The average molecular weight is 354 g/mol. The van der Waals surface area contributed by atoms with E-state index in [0.29, 0.717) is 12.5 Å². The van der Waals surface area contributed by atoms with Gasteiger partial charge in [0.1, 0.15) is 0 Å². The molecule has 0 radical (unpaired) electrons. The van der Waals surface area contributed by atoms with Crippen LogP contribution in [0.1, 0.15) is 32.1 Å². The Morgan fingerprint density at radius 1 is 1.15 bits per heavy atom. The smallest absolute Gasteiger partial charge is 0.266 e. The summed E-state index contributed by atoms with van der Waals surface area (Å²) in [7, 11) is 0. The molecule has 1 N–H and O–H groups in total. The molecule has 2 aliphatic rings. The molecule has 0 aromatic carbocycles. The summed E-state index contributed by atoms with van der Waals surface area (Å²) in [6.07, 6.45) is 8.83. The molecule has 0 spiro atoms. The lowest BCUT2D eigenvalue weighted by molar-refractivity contribution is -0.0555. The second kappa shape index (κ2) is 7.29. The van der Waals surface area contributed by atoms with Crippen molar-refractivity contribution in [1.29, 1.82) is 0 Å². The van der Waals surface area contributed by atoms with Crippen LogP contribution >= 0.6 is 0 Å². The second-order valence-electron chi connectivity index (χ2n) is 7.83. The highest BCUT2D eigenvalue weighted by Crippen LogP contribution is 2.31. The molecule has 3 heterocycles. The van der Waals surface area contributed by atoms with Crippen LogP contribution in [0.2, 0.25) is 0 Å². The lowest BCUT2D eigenvalue weighted by Gasteiger charge is -2.45. The lowest BCUT2D eigenvalue weighted by atomic mass is 9.83. The number of aromatic nitrogens is 3. The Balaban J connectivity index is 1.36. The Morgan fingerprint density at radius 3 is 2.69 bits per heavy atom. The molecule has 2 aromatic heterocycles. The first-order valence-corrected chi connectivity index (χ1v) is 9.55. The van der Waals surface area contributed by atoms with Gasteiger partial charge in [-0.05, 0) is 31.0 Å². The molecule has 2 aromatic rings. The summed E-state index contributed by atoms with van der Waals surface area (Å²) in [5.74, 6) is 0.413. The predicted molar refractivity (Wildman–Crippen MR) is 99.7 cm³/mol.